The predicted molar refractivity (Wildman–Crippen MR) is 102 cm³/mol. The molecule has 0 aromatic heterocycles. The van der Waals surface area contributed by atoms with Crippen molar-refractivity contribution < 1.29 is 4.79 Å². The lowest BCUT2D eigenvalue weighted by Crippen LogP contribution is -2.44. The van der Waals surface area contributed by atoms with Crippen molar-refractivity contribution in [1.82, 2.24) is 16.0 Å². The molecule has 1 aromatic rings. The third-order valence-electron chi connectivity index (χ3n) is 3.99. The minimum absolute atomic E-state index is 0.0718. The summed E-state index contributed by atoms with van der Waals surface area (Å²) in [6.07, 6.45) is 2.50. The van der Waals surface area contributed by atoms with Crippen molar-refractivity contribution in [2.75, 3.05) is 25.4 Å². The third-order valence-corrected chi connectivity index (χ3v) is 5.53. The topological polar surface area (TPSA) is 65.5 Å². The van der Waals surface area contributed by atoms with Gasteiger partial charge in [0.05, 0.1) is 0 Å². The monoisotopic (exact) mass is 348 g/mol. The van der Waals surface area contributed by atoms with Crippen molar-refractivity contribution in [2.24, 2.45) is 4.99 Å². The molecule has 1 atom stereocenters. The summed E-state index contributed by atoms with van der Waals surface area (Å²) in [7, 11) is 0. The fourth-order valence-corrected chi connectivity index (χ4v) is 3.84. The maximum atomic E-state index is 12.0. The van der Waals surface area contributed by atoms with Crippen molar-refractivity contribution in [1.29, 1.82) is 0 Å². The molecule has 1 fully saturated rings. The first kappa shape index (κ1) is 18.6. The first-order valence-electron chi connectivity index (χ1n) is 8.58. The second-order valence-electron chi connectivity index (χ2n) is 6.21. The highest BCUT2D eigenvalue weighted by Gasteiger charge is 2.29. The van der Waals surface area contributed by atoms with E-state index in [1.807, 2.05) is 49.0 Å². The third kappa shape index (κ3) is 6.43. The lowest BCUT2D eigenvalue weighted by atomic mass is 10.1. The number of benzene rings is 1. The summed E-state index contributed by atoms with van der Waals surface area (Å²) in [5.41, 5.74) is 1.09. The first-order valence-corrected chi connectivity index (χ1v) is 9.57. The van der Waals surface area contributed by atoms with E-state index >= 15 is 0 Å². The zero-order valence-electron chi connectivity index (χ0n) is 14.6. The number of nitrogens with one attached hydrogen (secondary N) is 3. The van der Waals surface area contributed by atoms with Crippen LogP contribution in [0.3, 0.4) is 0 Å². The Morgan fingerprint density at radius 3 is 2.71 bits per heavy atom. The number of hydrogen-bond acceptors (Lipinski definition) is 3. The van der Waals surface area contributed by atoms with Crippen LogP contribution in [0, 0.1) is 0 Å². The van der Waals surface area contributed by atoms with Gasteiger partial charge in [0, 0.05) is 24.4 Å². The van der Waals surface area contributed by atoms with E-state index in [-0.39, 0.29) is 17.2 Å². The van der Waals surface area contributed by atoms with Gasteiger partial charge in [0.2, 0.25) is 5.91 Å². The van der Waals surface area contributed by atoms with E-state index < -0.39 is 0 Å². The fraction of sp³-hybridized carbons (Fsp3) is 0.556. The summed E-state index contributed by atoms with van der Waals surface area (Å²) < 4.78 is 0.270. The number of amides is 1. The molecule has 0 bridgehead atoms. The van der Waals surface area contributed by atoms with Crippen LogP contribution >= 0.6 is 11.8 Å². The Kier molecular flexibility index (Phi) is 7.43. The van der Waals surface area contributed by atoms with Crippen LogP contribution in [0.1, 0.15) is 32.3 Å². The van der Waals surface area contributed by atoms with Crippen molar-refractivity contribution in [2.45, 2.75) is 38.0 Å². The van der Waals surface area contributed by atoms with Crippen LogP contribution in [0.4, 0.5) is 0 Å². The molecule has 0 aliphatic carbocycles. The summed E-state index contributed by atoms with van der Waals surface area (Å²) in [6, 6.07) is 9.89. The molecule has 5 nitrogen and oxygen atoms in total. The van der Waals surface area contributed by atoms with Gasteiger partial charge in [0.25, 0.3) is 0 Å². The second-order valence-corrected chi connectivity index (χ2v) is 7.90. The van der Waals surface area contributed by atoms with Gasteiger partial charge in [-0.2, -0.15) is 11.8 Å². The molecule has 1 aliphatic heterocycles. The van der Waals surface area contributed by atoms with E-state index in [1.165, 1.54) is 18.6 Å². The Hall–Kier alpha value is -1.69. The lowest BCUT2D eigenvalue weighted by Gasteiger charge is -2.24. The molecule has 132 valence electrons. The van der Waals surface area contributed by atoms with E-state index in [1.54, 1.807) is 0 Å². The molecule has 1 saturated heterocycles. The SMILES string of the molecule is CCNC(=NCC(=O)NCc1ccccc1)NCC1(C)CCCS1. The quantitative estimate of drug-likeness (QED) is 0.522. The molecular weight excluding hydrogens is 320 g/mol. The molecule has 0 saturated carbocycles. The second kappa shape index (κ2) is 9.57. The van der Waals surface area contributed by atoms with Crippen LogP contribution in [0.5, 0.6) is 0 Å². The van der Waals surface area contributed by atoms with Gasteiger partial charge in [-0.15, -0.1) is 0 Å². The van der Waals surface area contributed by atoms with Crippen LogP contribution in [0.15, 0.2) is 35.3 Å². The summed E-state index contributed by atoms with van der Waals surface area (Å²) >= 11 is 2.01. The smallest absolute Gasteiger partial charge is 0.242 e. The Morgan fingerprint density at radius 1 is 1.25 bits per heavy atom. The van der Waals surface area contributed by atoms with Crippen LogP contribution in [0.2, 0.25) is 0 Å². The highest BCUT2D eigenvalue weighted by molar-refractivity contribution is 8.00. The predicted octanol–water partition coefficient (Wildman–Crippen LogP) is 2.14. The molecule has 24 heavy (non-hydrogen) atoms. The van der Waals surface area contributed by atoms with Crippen molar-refractivity contribution in [3.05, 3.63) is 35.9 Å². The molecule has 6 heteroatoms. The first-order chi connectivity index (χ1) is 11.6. The molecule has 1 aliphatic rings. The van der Waals surface area contributed by atoms with Gasteiger partial charge in [-0.1, -0.05) is 30.3 Å². The zero-order valence-corrected chi connectivity index (χ0v) is 15.4. The zero-order chi connectivity index (χ0) is 17.3. The summed E-state index contributed by atoms with van der Waals surface area (Å²) in [4.78, 5) is 16.4. The van der Waals surface area contributed by atoms with Crippen LogP contribution in [-0.4, -0.2) is 42.0 Å². The van der Waals surface area contributed by atoms with Gasteiger partial charge in [0.15, 0.2) is 5.96 Å². The molecule has 0 spiro atoms. The molecule has 1 unspecified atom stereocenters. The summed E-state index contributed by atoms with van der Waals surface area (Å²) in [6.45, 7) is 6.63. The van der Waals surface area contributed by atoms with Gasteiger partial charge < -0.3 is 16.0 Å². The van der Waals surface area contributed by atoms with E-state index in [2.05, 4.69) is 27.9 Å². The Balaban J connectivity index is 1.77. The number of carbonyl (C=O) groups excluding carboxylic acids is 1. The number of nitrogens with zero attached hydrogens (tertiary/aromatic N) is 1. The van der Waals surface area contributed by atoms with Crippen molar-refractivity contribution >= 4 is 23.6 Å². The number of guanidine groups is 1. The van der Waals surface area contributed by atoms with Gasteiger partial charge in [-0.3, -0.25) is 4.79 Å². The maximum absolute atomic E-state index is 12.0. The van der Waals surface area contributed by atoms with Crippen molar-refractivity contribution in [3.63, 3.8) is 0 Å². The molecule has 0 radical (unpaired) electrons. The Labute approximate surface area is 149 Å². The Morgan fingerprint density at radius 2 is 2.04 bits per heavy atom. The van der Waals surface area contributed by atoms with Gasteiger partial charge in [-0.25, -0.2) is 4.99 Å². The molecule has 3 N–H and O–H groups in total. The van der Waals surface area contributed by atoms with Gasteiger partial charge in [0.1, 0.15) is 6.54 Å². The average molecular weight is 349 g/mol. The largest absolute Gasteiger partial charge is 0.357 e. The number of aliphatic imine (C=N–C) groups is 1. The molecular formula is C18H28N4OS. The number of carbonyl (C=O) groups is 1. The van der Waals surface area contributed by atoms with Crippen LogP contribution in [-0.2, 0) is 11.3 Å². The normalized spacial score (nSPS) is 20.7. The molecule has 1 amide bonds. The number of rotatable bonds is 7. The molecule has 1 aromatic carbocycles. The number of hydrogen-bond donors (Lipinski definition) is 3. The summed E-state index contributed by atoms with van der Waals surface area (Å²) in [5.74, 6) is 1.87. The van der Waals surface area contributed by atoms with Crippen molar-refractivity contribution in [3.8, 4) is 0 Å². The van der Waals surface area contributed by atoms with Gasteiger partial charge >= 0.3 is 0 Å². The van der Waals surface area contributed by atoms with E-state index in [4.69, 9.17) is 0 Å². The van der Waals surface area contributed by atoms with E-state index in [0.717, 1.165) is 18.7 Å². The average Bonchev–Trinajstić information content (AvgIpc) is 3.03. The highest BCUT2D eigenvalue weighted by atomic mass is 32.2. The number of thioether (sulfide) groups is 1. The highest BCUT2D eigenvalue weighted by Crippen LogP contribution is 2.36. The maximum Gasteiger partial charge on any atom is 0.242 e. The van der Waals surface area contributed by atoms with E-state index in [9.17, 15) is 4.79 Å². The molecule has 1 heterocycles. The minimum atomic E-state index is -0.0718. The minimum Gasteiger partial charge on any atom is -0.357 e. The fourth-order valence-electron chi connectivity index (χ4n) is 2.59. The standard InChI is InChI=1S/C18H28N4OS/c1-3-19-17(22-14-18(2)10-7-11-24-18)21-13-16(23)20-12-15-8-5-4-6-9-15/h4-6,8-9H,3,7,10-14H2,1-2H3,(H,20,23)(H2,19,21,22). The van der Waals surface area contributed by atoms with Gasteiger partial charge in [-0.05, 0) is 38.0 Å². The Bertz CT molecular complexity index is 541. The molecule has 2 rings (SSSR count). The summed E-state index contributed by atoms with van der Waals surface area (Å²) in [5, 5.41) is 9.47. The van der Waals surface area contributed by atoms with E-state index in [0.29, 0.717) is 12.5 Å². The van der Waals surface area contributed by atoms with Crippen LogP contribution in [0.25, 0.3) is 0 Å². The lowest BCUT2D eigenvalue weighted by molar-refractivity contribution is -0.119. The van der Waals surface area contributed by atoms with Crippen LogP contribution < -0.4 is 16.0 Å².